The Kier molecular flexibility index (Phi) is 3.41. The molecule has 8 heteroatoms. The standard InChI is InChI=1S/C15H15N3O4S/c1-9-7-12(18-6-5-16-15(20)14(9)18)11-8-10(3-4-13(11)19)17-23(2,21)22/h3-8,17,19H,1-2H3,(H,16,20). The van der Waals surface area contributed by atoms with Crippen LogP contribution < -0.4 is 10.3 Å². The fourth-order valence-electron chi connectivity index (χ4n) is 2.58. The van der Waals surface area contributed by atoms with E-state index in [0.29, 0.717) is 22.5 Å². The van der Waals surface area contributed by atoms with E-state index in [4.69, 9.17) is 0 Å². The van der Waals surface area contributed by atoms with Crippen LogP contribution in [0.5, 0.6) is 5.75 Å². The number of rotatable bonds is 3. The Labute approximate surface area is 132 Å². The fourth-order valence-corrected chi connectivity index (χ4v) is 3.13. The van der Waals surface area contributed by atoms with Crippen molar-refractivity contribution >= 4 is 21.2 Å². The van der Waals surface area contributed by atoms with Gasteiger partial charge in [-0.05, 0) is 36.8 Å². The highest BCUT2D eigenvalue weighted by Crippen LogP contribution is 2.33. The third kappa shape index (κ3) is 2.80. The number of H-pyrrole nitrogens is 1. The predicted octanol–water partition coefficient (Wildman–Crippen LogP) is 1.68. The van der Waals surface area contributed by atoms with Crippen LogP contribution in [-0.2, 0) is 10.0 Å². The van der Waals surface area contributed by atoms with Crippen LogP contribution >= 0.6 is 0 Å². The van der Waals surface area contributed by atoms with E-state index in [0.717, 1.165) is 11.8 Å². The van der Waals surface area contributed by atoms with Crippen LogP contribution in [0.4, 0.5) is 5.69 Å². The van der Waals surface area contributed by atoms with Crippen LogP contribution in [0.25, 0.3) is 16.8 Å². The van der Waals surface area contributed by atoms with Crippen molar-refractivity contribution < 1.29 is 13.5 Å². The smallest absolute Gasteiger partial charge is 0.272 e. The van der Waals surface area contributed by atoms with E-state index in [1.54, 1.807) is 23.6 Å². The molecule has 0 amide bonds. The van der Waals surface area contributed by atoms with Gasteiger partial charge in [0.05, 0.1) is 11.9 Å². The molecular formula is C15H15N3O4S. The molecule has 0 fully saturated rings. The monoisotopic (exact) mass is 333 g/mol. The van der Waals surface area contributed by atoms with Gasteiger partial charge in [0.25, 0.3) is 5.56 Å². The van der Waals surface area contributed by atoms with E-state index in [2.05, 4.69) is 9.71 Å². The van der Waals surface area contributed by atoms with Gasteiger partial charge in [-0.2, -0.15) is 0 Å². The van der Waals surface area contributed by atoms with E-state index in [1.807, 2.05) is 0 Å². The number of phenolic OH excluding ortho intramolecular Hbond substituents is 1. The van der Waals surface area contributed by atoms with E-state index in [1.165, 1.54) is 24.4 Å². The molecule has 23 heavy (non-hydrogen) atoms. The zero-order chi connectivity index (χ0) is 16.8. The first-order valence-corrected chi connectivity index (χ1v) is 8.66. The van der Waals surface area contributed by atoms with Gasteiger partial charge in [-0.25, -0.2) is 8.42 Å². The Hall–Kier alpha value is -2.74. The van der Waals surface area contributed by atoms with Crippen molar-refractivity contribution in [1.29, 1.82) is 0 Å². The molecule has 0 atom stereocenters. The van der Waals surface area contributed by atoms with Crippen molar-refractivity contribution in [2.75, 3.05) is 11.0 Å². The van der Waals surface area contributed by atoms with Gasteiger partial charge in [-0.15, -0.1) is 0 Å². The Bertz CT molecular complexity index is 1060. The molecule has 2 aromatic heterocycles. The quantitative estimate of drug-likeness (QED) is 0.634. The molecule has 0 unspecified atom stereocenters. The summed E-state index contributed by atoms with van der Waals surface area (Å²) in [6, 6.07) is 6.17. The zero-order valence-corrected chi connectivity index (χ0v) is 13.3. The molecule has 0 saturated carbocycles. The molecule has 0 radical (unpaired) electrons. The number of benzene rings is 1. The zero-order valence-electron chi connectivity index (χ0n) is 12.5. The van der Waals surface area contributed by atoms with Gasteiger partial charge in [-0.1, -0.05) is 0 Å². The number of hydrogen-bond acceptors (Lipinski definition) is 4. The third-order valence-corrected chi connectivity index (χ3v) is 4.06. The van der Waals surface area contributed by atoms with Gasteiger partial charge in [0, 0.05) is 23.6 Å². The van der Waals surface area contributed by atoms with Gasteiger partial charge >= 0.3 is 0 Å². The second-order valence-electron chi connectivity index (χ2n) is 5.33. The number of aromatic hydroxyl groups is 1. The van der Waals surface area contributed by atoms with Crippen LogP contribution in [0.2, 0.25) is 0 Å². The van der Waals surface area contributed by atoms with E-state index < -0.39 is 10.0 Å². The molecule has 3 N–H and O–H groups in total. The number of fused-ring (bicyclic) bond motifs is 1. The number of sulfonamides is 1. The van der Waals surface area contributed by atoms with Gasteiger partial charge < -0.3 is 14.5 Å². The van der Waals surface area contributed by atoms with Crippen molar-refractivity contribution in [2.24, 2.45) is 0 Å². The number of nitrogens with one attached hydrogen (secondary N) is 2. The van der Waals surface area contributed by atoms with Crippen molar-refractivity contribution in [3.63, 3.8) is 0 Å². The summed E-state index contributed by atoms with van der Waals surface area (Å²) in [5.74, 6) is -0.0104. The summed E-state index contributed by atoms with van der Waals surface area (Å²) in [5, 5.41) is 10.1. The molecule has 2 heterocycles. The first-order chi connectivity index (χ1) is 10.8. The van der Waals surface area contributed by atoms with E-state index in [9.17, 15) is 18.3 Å². The van der Waals surface area contributed by atoms with Gasteiger partial charge in [0.2, 0.25) is 10.0 Å². The lowest BCUT2D eigenvalue weighted by Gasteiger charge is -2.09. The highest BCUT2D eigenvalue weighted by Gasteiger charge is 2.15. The lowest BCUT2D eigenvalue weighted by Crippen LogP contribution is -2.10. The normalized spacial score (nSPS) is 11.7. The van der Waals surface area contributed by atoms with Crippen molar-refractivity contribution in [3.8, 4) is 17.0 Å². The first-order valence-electron chi connectivity index (χ1n) is 6.77. The molecule has 7 nitrogen and oxygen atoms in total. The Morgan fingerprint density at radius 3 is 2.70 bits per heavy atom. The molecule has 0 aliphatic heterocycles. The summed E-state index contributed by atoms with van der Waals surface area (Å²) >= 11 is 0. The van der Waals surface area contributed by atoms with Crippen LogP contribution in [0, 0.1) is 6.92 Å². The molecule has 120 valence electrons. The number of nitrogens with zero attached hydrogens (tertiary/aromatic N) is 1. The summed E-state index contributed by atoms with van der Waals surface area (Å²) in [6.45, 7) is 1.80. The Balaban J connectivity index is 2.25. The van der Waals surface area contributed by atoms with Crippen LogP contribution in [-0.4, -0.2) is 29.2 Å². The first kappa shape index (κ1) is 15.2. The highest BCUT2D eigenvalue weighted by atomic mass is 32.2. The molecule has 3 rings (SSSR count). The lowest BCUT2D eigenvalue weighted by atomic mass is 10.1. The molecule has 0 bridgehead atoms. The molecule has 0 aliphatic carbocycles. The minimum absolute atomic E-state index is 0.0104. The fraction of sp³-hybridized carbons (Fsp3) is 0.133. The number of phenols is 1. The largest absolute Gasteiger partial charge is 0.507 e. The second kappa shape index (κ2) is 5.17. The highest BCUT2D eigenvalue weighted by molar-refractivity contribution is 7.92. The van der Waals surface area contributed by atoms with Gasteiger partial charge in [0.1, 0.15) is 11.3 Å². The molecule has 1 aromatic carbocycles. The average molecular weight is 333 g/mol. The van der Waals surface area contributed by atoms with Crippen LogP contribution in [0.15, 0.2) is 41.5 Å². The average Bonchev–Trinajstić information content (AvgIpc) is 2.78. The van der Waals surface area contributed by atoms with E-state index in [-0.39, 0.29) is 11.3 Å². The third-order valence-electron chi connectivity index (χ3n) is 3.46. The molecule has 0 spiro atoms. The summed E-state index contributed by atoms with van der Waals surface area (Å²) < 4.78 is 26.8. The molecule has 0 aliphatic rings. The SMILES string of the molecule is Cc1cc(-c2cc(NS(C)(=O)=O)ccc2O)n2cc[nH]c(=O)c12. The van der Waals surface area contributed by atoms with Crippen molar-refractivity contribution in [3.05, 3.63) is 52.6 Å². The predicted molar refractivity (Wildman–Crippen MR) is 88.3 cm³/mol. The number of aromatic amines is 1. The number of aryl methyl sites for hydroxylation is 1. The molecule has 0 saturated heterocycles. The summed E-state index contributed by atoms with van der Waals surface area (Å²) in [7, 11) is -3.43. The van der Waals surface area contributed by atoms with Crippen LogP contribution in [0.1, 0.15) is 5.56 Å². The minimum atomic E-state index is -3.43. The Morgan fingerprint density at radius 1 is 1.26 bits per heavy atom. The lowest BCUT2D eigenvalue weighted by molar-refractivity contribution is 0.477. The number of aromatic nitrogens is 2. The Morgan fingerprint density at radius 2 is 2.00 bits per heavy atom. The summed E-state index contributed by atoms with van der Waals surface area (Å²) in [4.78, 5) is 14.6. The maximum atomic E-state index is 12.0. The molecular weight excluding hydrogens is 318 g/mol. The topological polar surface area (TPSA) is 104 Å². The summed E-state index contributed by atoms with van der Waals surface area (Å²) in [6.07, 6.45) is 4.24. The molecule has 3 aromatic rings. The van der Waals surface area contributed by atoms with Gasteiger partial charge in [0.15, 0.2) is 0 Å². The number of anilines is 1. The van der Waals surface area contributed by atoms with Gasteiger partial charge in [-0.3, -0.25) is 9.52 Å². The maximum absolute atomic E-state index is 12.0. The summed E-state index contributed by atoms with van der Waals surface area (Å²) in [5.41, 5.74) is 2.34. The maximum Gasteiger partial charge on any atom is 0.272 e. The van der Waals surface area contributed by atoms with Crippen molar-refractivity contribution in [1.82, 2.24) is 9.38 Å². The minimum Gasteiger partial charge on any atom is -0.507 e. The van der Waals surface area contributed by atoms with Crippen LogP contribution in [0.3, 0.4) is 0 Å². The second-order valence-corrected chi connectivity index (χ2v) is 7.08. The van der Waals surface area contributed by atoms with E-state index >= 15 is 0 Å². The number of hydrogen-bond donors (Lipinski definition) is 3. The van der Waals surface area contributed by atoms with Crippen molar-refractivity contribution in [2.45, 2.75) is 6.92 Å².